The van der Waals surface area contributed by atoms with Crippen LogP contribution in [0.1, 0.15) is 23.4 Å². The molecule has 0 aliphatic carbocycles. The highest BCUT2D eigenvalue weighted by atomic mass is 127. The monoisotopic (exact) mass is 572 g/mol. The molecule has 0 bridgehead atoms. The zero-order chi connectivity index (χ0) is 20.6. The summed E-state index contributed by atoms with van der Waals surface area (Å²) in [6.07, 6.45) is 4.44. The van der Waals surface area contributed by atoms with E-state index in [1.807, 2.05) is 12.1 Å². The molecule has 4 heterocycles. The molecule has 0 atom stereocenters. The normalized spacial score (nSPS) is 14.5. The highest BCUT2D eigenvalue weighted by Gasteiger charge is 2.22. The minimum Gasteiger partial charge on any atom is -0.469 e. The number of nitrogens with one attached hydrogen (secondary N) is 1. The standard InChI is InChI=1S/C21H28N6OS2.HI/c1-2-19-24-21(30-25-19)27-13-11-26(12-14-27)20(22-9-7-17-5-3-15-28-17)23-10-8-18-6-4-16-29-18;/h3-6,15-16H,2,7-14H2,1H3,(H,22,23);1H. The van der Waals surface area contributed by atoms with Gasteiger partial charge in [0.1, 0.15) is 11.6 Å². The maximum absolute atomic E-state index is 5.45. The molecule has 3 aromatic heterocycles. The van der Waals surface area contributed by atoms with Crippen LogP contribution in [0.4, 0.5) is 5.13 Å². The van der Waals surface area contributed by atoms with Crippen molar-refractivity contribution in [2.24, 2.45) is 4.99 Å². The molecule has 0 unspecified atom stereocenters. The van der Waals surface area contributed by atoms with Crippen molar-refractivity contribution < 1.29 is 4.42 Å². The Labute approximate surface area is 208 Å². The van der Waals surface area contributed by atoms with Gasteiger partial charge in [0.15, 0.2) is 5.96 Å². The van der Waals surface area contributed by atoms with E-state index in [2.05, 4.69) is 48.9 Å². The second-order valence-electron chi connectivity index (χ2n) is 7.11. The molecular formula is C21H29IN6OS2. The van der Waals surface area contributed by atoms with E-state index in [1.165, 1.54) is 16.4 Å². The predicted octanol–water partition coefficient (Wildman–Crippen LogP) is 3.93. The first-order chi connectivity index (χ1) is 14.8. The van der Waals surface area contributed by atoms with Crippen LogP contribution in [0.25, 0.3) is 0 Å². The number of nitrogens with zero attached hydrogens (tertiary/aromatic N) is 5. The van der Waals surface area contributed by atoms with Gasteiger partial charge in [0.05, 0.1) is 6.26 Å². The third-order valence-corrected chi connectivity index (χ3v) is 6.81. The number of guanidine groups is 1. The first kappa shape index (κ1) is 24.0. The second kappa shape index (κ2) is 12.4. The van der Waals surface area contributed by atoms with Gasteiger partial charge in [-0.15, -0.1) is 35.3 Å². The van der Waals surface area contributed by atoms with Gasteiger partial charge in [-0.05, 0) is 23.6 Å². The Morgan fingerprint density at radius 2 is 2.06 bits per heavy atom. The third-order valence-electron chi connectivity index (χ3n) is 5.06. The Bertz CT molecular complexity index is 904. The average Bonchev–Trinajstić information content (AvgIpc) is 3.56. The first-order valence-corrected chi connectivity index (χ1v) is 12.1. The van der Waals surface area contributed by atoms with Gasteiger partial charge in [-0.1, -0.05) is 13.0 Å². The Hall–Kier alpha value is -1.66. The van der Waals surface area contributed by atoms with Gasteiger partial charge in [-0.3, -0.25) is 4.99 Å². The highest BCUT2D eigenvalue weighted by molar-refractivity contribution is 14.0. The molecule has 7 nitrogen and oxygen atoms in total. The quantitative estimate of drug-likeness (QED) is 0.251. The van der Waals surface area contributed by atoms with Gasteiger partial charge in [-0.2, -0.15) is 4.37 Å². The van der Waals surface area contributed by atoms with Crippen LogP contribution >= 0.6 is 46.8 Å². The van der Waals surface area contributed by atoms with Gasteiger partial charge >= 0.3 is 0 Å². The highest BCUT2D eigenvalue weighted by Crippen LogP contribution is 2.19. The maximum Gasteiger partial charge on any atom is 0.205 e. The topological polar surface area (TPSA) is 69.8 Å². The van der Waals surface area contributed by atoms with E-state index in [9.17, 15) is 0 Å². The zero-order valence-electron chi connectivity index (χ0n) is 17.7. The molecule has 0 radical (unpaired) electrons. The lowest BCUT2D eigenvalue weighted by atomic mass is 10.3. The van der Waals surface area contributed by atoms with Crippen LogP contribution in [0.3, 0.4) is 0 Å². The summed E-state index contributed by atoms with van der Waals surface area (Å²) in [5, 5.41) is 6.71. The maximum atomic E-state index is 5.45. The van der Waals surface area contributed by atoms with E-state index in [0.29, 0.717) is 0 Å². The molecular weight excluding hydrogens is 543 g/mol. The predicted molar refractivity (Wildman–Crippen MR) is 139 cm³/mol. The van der Waals surface area contributed by atoms with E-state index in [0.717, 1.165) is 81.2 Å². The van der Waals surface area contributed by atoms with Gasteiger partial charge in [-0.25, -0.2) is 4.98 Å². The number of aryl methyl sites for hydroxylation is 1. The lowest BCUT2D eigenvalue weighted by Gasteiger charge is -2.36. The zero-order valence-corrected chi connectivity index (χ0v) is 21.7. The van der Waals surface area contributed by atoms with Crippen molar-refractivity contribution in [2.75, 3.05) is 44.2 Å². The summed E-state index contributed by atoms with van der Waals surface area (Å²) in [6, 6.07) is 8.22. The largest absolute Gasteiger partial charge is 0.469 e. The Morgan fingerprint density at radius 1 is 1.19 bits per heavy atom. The molecule has 1 fully saturated rings. The number of thiophene rings is 1. The minimum absolute atomic E-state index is 0. The fraction of sp³-hybridized carbons (Fsp3) is 0.476. The number of rotatable bonds is 8. The molecule has 1 saturated heterocycles. The molecule has 1 N–H and O–H groups in total. The fourth-order valence-corrected chi connectivity index (χ4v) is 4.87. The molecule has 1 aliphatic rings. The van der Waals surface area contributed by atoms with Gasteiger partial charge < -0.3 is 19.5 Å². The van der Waals surface area contributed by atoms with Crippen LogP contribution in [0.2, 0.25) is 0 Å². The molecule has 1 aliphatic heterocycles. The smallest absolute Gasteiger partial charge is 0.205 e. The number of aliphatic imine (C=N–C) groups is 1. The van der Waals surface area contributed by atoms with Crippen LogP contribution in [0.5, 0.6) is 0 Å². The summed E-state index contributed by atoms with van der Waals surface area (Å²) in [5.41, 5.74) is 0. The van der Waals surface area contributed by atoms with Crippen molar-refractivity contribution in [1.29, 1.82) is 0 Å². The van der Waals surface area contributed by atoms with Gasteiger partial charge in [0.25, 0.3) is 0 Å². The lowest BCUT2D eigenvalue weighted by molar-refractivity contribution is 0.371. The summed E-state index contributed by atoms with van der Waals surface area (Å²) >= 11 is 3.30. The summed E-state index contributed by atoms with van der Waals surface area (Å²) in [6.45, 7) is 7.41. The number of hydrogen-bond donors (Lipinski definition) is 1. The molecule has 0 aromatic carbocycles. The number of piperazine rings is 1. The number of halogens is 1. The van der Waals surface area contributed by atoms with Crippen LogP contribution in [0, 0.1) is 0 Å². The van der Waals surface area contributed by atoms with E-state index < -0.39 is 0 Å². The second-order valence-corrected chi connectivity index (χ2v) is 8.87. The molecule has 3 aromatic rings. The van der Waals surface area contributed by atoms with E-state index >= 15 is 0 Å². The van der Waals surface area contributed by atoms with Crippen molar-refractivity contribution in [1.82, 2.24) is 19.6 Å². The molecule has 4 rings (SSSR count). The van der Waals surface area contributed by atoms with Crippen molar-refractivity contribution in [3.8, 4) is 0 Å². The van der Waals surface area contributed by atoms with E-state index in [1.54, 1.807) is 17.6 Å². The SMILES string of the molecule is CCc1nsc(N2CCN(C(=NCCc3cccs3)NCCc3ccco3)CC2)n1.I. The van der Waals surface area contributed by atoms with Crippen molar-refractivity contribution in [3.05, 3.63) is 52.4 Å². The first-order valence-electron chi connectivity index (χ1n) is 10.5. The molecule has 0 spiro atoms. The Kier molecular flexibility index (Phi) is 9.59. The third kappa shape index (κ3) is 6.91. The number of hydrogen-bond acceptors (Lipinski definition) is 7. The molecule has 0 amide bonds. The number of anilines is 1. The van der Waals surface area contributed by atoms with Gasteiger partial charge in [0, 0.05) is 74.9 Å². The molecule has 10 heteroatoms. The van der Waals surface area contributed by atoms with Crippen molar-refractivity contribution >= 4 is 57.9 Å². The number of furan rings is 1. The van der Waals surface area contributed by atoms with Crippen molar-refractivity contribution in [2.45, 2.75) is 26.2 Å². The van der Waals surface area contributed by atoms with Crippen molar-refractivity contribution in [3.63, 3.8) is 0 Å². The van der Waals surface area contributed by atoms with E-state index in [4.69, 9.17) is 9.41 Å². The summed E-state index contributed by atoms with van der Waals surface area (Å²) < 4.78 is 9.88. The lowest BCUT2D eigenvalue weighted by Crippen LogP contribution is -2.53. The van der Waals surface area contributed by atoms with Crippen LogP contribution in [-0.2, 0) is 19.3 Å². The Balaban J connectivity index is 0.00000272. The van der Waals surface area contributed by atoms with E-state index in [-0.39, 0.29) is 24.0 Å². The Morgan fingerprint density at radius 3 is 2.74 bits per heavy atom. The molecule has 0 saturated carbocycles. The summed E-state index contributed by atoms with van der Waals surface area (Å²) in [4.78, 5) is 15.6. The number of aromatic nitrogens is 2. The molecule has 31 heavy (non-hydrogen) atoms. The van der Waals surface area contributed by atoms with Crippen LogP contribution in [0.15, 0.2) is 45.3 Å². The van der Waals surface area contributed by atoms with Crippen LogP contribution < -0.4 is 10.2 Å². The molecule has 168 valence electrons. The summed E-state index contributed by atoms with van der Waals surface area (Å²) in [5.74, 6) is 2.92. The van der Waals surface area contributed by atoms with Crippen LogP contribution in [-0.4, -0.2) is 59.5 Å². The fourth-order valence-electron chi connectivity index (χ4n) is 3.37. The van der Waals surface area contributed by atoms with Gasteiger partial charge in [0.2, 0.25) is 5.13 Å². The summed E-state index contributed by atoms with van der Waals surface area (Å²) in [7, 11) is 0. The average molecular weight is 573 g/mol. The minimum atomic E-state index is 0.